The summed E-state index contributed by atoms with van der Waals surface area (Å²) < 4.78 is 0. The van der Waals surface area contributed by atoms with Crippen LogP contribution in [-0.2, 0) is 25.6 Å². The van der Waals surface area contributed by atoms with Crippen molar-refractivity contribution >= 4 is 29.7 Å². The van der Waals surface area contributed by atoms with E-state index in [4.69, 9.17) is 22.3 Å². The minimum atomic E-state index is -1.25. The largest absolute Gasteiger partial charge is 0.508 e. The van der Waals surface area contributed by atoms with Gasteiger partial charge in [-0.05, 0) is 37.5 Å². The number of hydrogen-bond acceptors (Lipinski definition) is 7. The van der Waals surface area contributed by atoms with Gasteiger partial charge in [0, 0.05) is 13.0 Å². The van der Waals surface area contributed by atoms with Gasteiger partial charge >= 0.3 is 5.97 Å². The summed E-state index contributed by atoms with van der Waals surface area (Å²) in [6.45, 7) is 1.04. The van der Waals surface area contributed by atoms with Crippen molar-refractivity contribution in [3.05, 3.63) is 29.8 Å². The molecule has 0 fully saturated rings. The van der Waals surface area contributed by atoms with E-state index in [1.165, 1.54) is 19.1 Å². The molecule has 3 atom stereocenters. The summed E-state index contributed by atoms with van der Waals surface area (Å²) in [7, 11) is 0. The van der Waals surface area contributed by atoms with Crippen molar-refractivity contribution in [2.24, 2.45) is 22.2 Å². The van der Waals surface area contributed by atoms with Gasteiger partial charge in [-0.2, -0.15) is 0 Å². The molecule has 182 valence electrons. The molecule has 3 amide bonds. The Morgan fingerprint density at radius 1 is 1.00 bits per heavy atom. The number of guanidine groups is 1. The third-order valence-electron chi connectivity index (χ3n) is 4.41. The number of nitrogens with one attached hydrogen (secondary N) is 3. The zero-order chi connectivity index (χ0) is 25.0. The Morgan fingerprint density at radius 3 is 2.15 bits per heavy atom. The molecular formula is C20H31N7O6. The lowest BCUT2D eigenvalue weighted by atomic mass is 10.0. The number of nitrogens with two attached hydrogens (primary N) is 3. The molecule has 13 nitrogen and oxygen atoms in total. The Labute approximate surface area is 190 Å². The molecule has 0 bridgehead atoms. The maximum atomic E-state index is 12.9. The standard InChI is InChI=1S/C20H31N7O6/c1-11(21)17(31)26-14(3-2-8-24-20(22)23)19(33)27-15(18(32)25-10-16(29)30)9-12-4-6-13(28)7-5-12/h4-7,11,14-15,28H,2-3,8-10,21H2,1H3,(H,25,32)(H,26,31)(H,27,33)(H,29,30)(H4,22,23,24). The van der Waals surface area contributed by atoms with Gasteiger partial charge in [-0.3, -0.25) is 24.2 Å². The molecule has 1 aromatic rings. The van der Waals surface area contributed by atoms with Gasteiger partial charge in [0.2, 0.25) is 17.7 Å². The van der Waals surface area contributed by atoms with Gasteiger partial charge in [0.05, 0.1) is 6.04 Å². The number of carbonyl (C=O) groups excluding carboxylic acids is 3. The van der Waals surface area contributed by atoms with Gasteiger partial charge in [-0.15, -0.1) is 0 Å². The number of nitrogens with zero attached hydrogens (tertiary/aromatic N) is 1. The third kappa shape index (κ3) is 10.8. The summed E-state index contributed by atoms with van der Waals surface area (Å²) in [6, 6.07) is 2.90. The molecule has 0 aliphatic carbocycles. The van der Waals surface area contributed by atoms with Crippen LogP contribution in [0.1, 0.15) is 25.3 Å². The molecule has 0 spiro atoms. The number of amides is 3. The SMILES string of the molecule is CC(N)C(=O)NC(CCCN=C(N)N)C(=O)NC(Cc1ccc(O)cc1)C(=O)NCC(=O)O. The number of aliphatic carboxylic acids is 1. The monoisotopic (exact) mass is 465 g/mol. The molecular weight excluding hydrogens is 434 g/mol. The Balaban J connectivity index is 2.99. The van der Waals surface area contributed by atoms with Crippen LogP contribution in [-0.4, -0.2) is 71.1 Å². The molecule has 13 heteroatoms. The van der Waals surface area contributed by atoms with Crippen LogP contribution in [0.2, 0.25) is 0 Å². The van der Waals surface area contributed by atoms with Crippen LogP contribution < -0.4 is 33.2 Å². The summed E-state index contributed by atoms with van der Waals surface area (Å²) >= 11 is 0. The Kier molecular flexibility index (Phi) is 11.1. The van der Waals surface area contributed by atoms with Crippen molar-refractivity contribution in [2.45, 2.75) is 44.3 Å². The summed E-state index contributed by atoms with van der Waals surface area (Å²) in [6.07, 6.45) is 0.520. The average molecular weight is 466 g/mol. The minimum absolute atomic E-state index is 0.0133. The van der Waals surface area contributed by atoms with Crippen molar-refractivity contribution in [3.63, 3.8) is 0 Å². The maximum Gasteiger partial charge on any atom is 0.322 e. The van der Waals surface area contributed by atoms with Crippen molar-refractivity contribution in [3.8, 4) is 5.75 Å². The zero-order valence-electron chi connectivity index (χ0n) is 18.3. The fourth-order valence-corrected chi connectivity index (χ4v) is 2.71. The van der Waals surface area contributed by atoms with E-state index in [0.29, 0.717) is 12.0 Å². The number of hydrogen-bond donors (Lipinski definition) is 8. The van der Waals surface area contributed by atoms with E-state index < -0.39 is 48.4 Å². The molecule has 3 unspecified atom stereocenters. The van der Waals surface area contributed by atoms with Crippen LogP contribution in [0.25, 0.3) is 0 Å². The highest BCUT2D eigenvalue weighted by Crippen LogP contribution is 2.12. The number of carboxylic acids is 1. The highest BCUT2D eigenvalue weighted by atomic mass is 16.4. The number of phenols is 1. The van der Waals surface area contributed by atoms with Crippen molar-refractivity contribution in [1.82, 2.24) is 16.0 Å². The number of carboxylic acid groups (broad SMARTS) is 1. The summed E-state index contributed by atoms with van der Waals surface area (Å²) in [4.78, 5) is 52.2. The Bertz CT molecular complexity index is 853. The number of rotatable bonds is 13. The first kappa shape index (κ1) is 27.2. The van der Waals surface area contributed by atoms with Crippen molar-refractivity contribution in [1.29, 1.82) is 0 Å². The second-order valence-corrected chi connectivity index (χ2v) is 7.34. The first-order valence-corrected chi connectivity index (χ1v) is 10.2. The first-order valence-electron chi connectivity index (χ1n) is 10.2. The van der Waals surface area contributed by atoms with E-state index in [9.17, 15) is 24.3 Å². The lowest BCUT2D eigenvalue weighted by Gasteiger charge is -2.23. The van der Waals surface area contributed by atoms with Gasteiger partial charge in [0.25, 0.3) is 0 Å². The van der Waals surface area contributed by atoms with E-state index in [1.807, 2.05) is 0 Å². The zero-order valence-corrected chi connectivity index (χ0v) is 18.3. The van der Waals surface area contributed by atoms with Crippen LogP contribution in [0.5, 0.6) is 5.75 Å². The van der Waals surface area contributed by atoms with Crippen LogP contribution in [0, 0.1) is 0 Å². The van der Waals surface area contributed by atoms with E-state index in [2.05, 4.69) is 20.9 Å². The molecule has 0 aliphatic rings. The highest BCUT2D eigenvalue weighted by Gasteiger charge is 2.27. The number of aliphatic imine (C=N–C) groups is 1. The van der Waals surface area contributed by atoms with Gasteiger partial charge in [0.1, 0.15) is 24.4 Å². The molecule has 11 N–H and O–H groups in total. The molecule has 33 heavy (non-hydrogen) atoms. The third-order valence-corrected chi connectivity index (χ3v) is 4.41. The van der Waals surface area contributed by atoms with Crippen LogP contribution in [0.4, 0.5) is 0 Å². The van der Waals surface area contributed by atoms with Gasteiger partial charge in [-0.25, -0.2) is 0 Å². The predicted molar refractivity (Wildman–Crippen MR) is 120 cm³/mol. The molecule has 1 rings (SSSR count). The topological polar surface area (TPSA) is 235 Å². The maximum absolute atomic E-state index is 12.9. The van der Waals surface area contributed by atoms with Gasteiger partial charge < -0.3 is 43.4 Å². The van der Waals surface area contributed by atoms with Crippen LogP contribution in [0.15, 0.2) is 29.3 Å². The smallest absolute Gasteiger partial charge is 0.322 e. The predicted octanol–water partition coefficient (Wildman–Crippen LogP) is -2.49. The van der Waals surface area contributed by atoms with E-state index >= 15 is 0 Å². The highest BCUT2D eigenvalue weighted by molar-refractivity contribution is 5.93. The Morgan fingerprint density at radius 2 is 1.61 bits per heavy atom. The lowest BCUT2D eigenvalue weighted by molar-refractivity contribution is -0.138. The van der Waals surface area contributed by atoms with E-state index in [0.717, 1.165) is 0 Å². The van der Waals surface area contributed by atoms with Crippen molar-refractivity contribution < 1.29 is 29.4 Å². The summed E-state index contributed by atoms with van der Waals surface area (Å²) in [5.41, 5.74) is 16.7. The number of phenolic OH excluding ortho intramolecular Hbond substituents is 1. The van der Waals surface area contributed by atoms with Gasteiger partial charge in [0.15, 0.2) is 5.96 Å². The number of aromatic hydroxyl groups is 1. The fourth-order valence-electron chi connectivity index (χ4n) is 2.71. The van der Waals surface area contributed by atoms with E-state index in [1.54, 1.807) is 12.1 Å². The molecule has 0 radical (unpaired) electrons. The van der Waals surface area contributed by atoms with Crippen molar-refractivity contribution in [2.75, 3.05) is 13.1 Å². The molecule has 0 saturated carbocycles. The molecule has 0 aliphatic heterocycles. The number of carbonyl (C=O) groups is 4. The van der Waals surface area contributed by atoms with Gasteiger partial charge in [-0.1, -0.05) is 12.1 Å². The molecule has 0 saturated heterocycles. The quantitative estimate of drug-likeness (QED) is 0.0872. The summed E-state index contributed by atoms with van der Waals surface area (Å²) in [5, 5.41) is 25.6. The average Bonchev–Trinajstić information content (AvgIpc) is 2.74. The lowest BCUT2D eigenvalue weighted by Crippen LogP contribution is -2.56. The first-order chi connectivity index (χ1) is 15.5. The number of benzene rings is 1. The van der Waals surface area contributed by atoms with E-state index in [-0.39, 0.29) is 31.1 Å². The molecule has 1 aromatic carbocycles. The molecule has 0 heterocycles. The minimum Gasteiger partial charge on any atom is -0.508 e. The van der Waals surface area contributed by atoms with Crippen LogP contribution >= 0.6 is 0 Å². The Hall–Kier alpha value is -3.87. The fraction of sp³-hybridized carbons (Fsp3) is 0.450. The van der Waals surface area contributed by atoms with Crippen LogP contribution in [0.3, 0.4) is 0 Å². The second-order valence-electron chi connectivity index (χ2n) is 7.34. The second kappa shape index (κ2) is 13.5. The summed E-state index contributed by atoms with van der Waals surface area (Å²) in [5.74, 6) is -3.30. The molecule has 0 aromatic heterocycles. The normalized spacial score (nSPS) is 13.2.